The van der Waals surface area contributed by atoms with Crippen molar-refractivity contribution in [3.05, 3.63) is 53.6 Å². The van der Waals surface area contributed by atoms with E-state index in [0.717, 1.165) is 36.0 Å². The summed E-state index contributed by atoms with van der Waals surface area (Å²) in [5.74, 6) is 1.39. The molecule has 1 aliphatic heterocycles. The number of anilines is 2. The smallest absolute Gasteiger partial charge is 0.262 e. The molecule has 5 heteroatoms. The number of halogens is 1. The Morgan fingerprint density at radius 3 is 2.37 bits per heavy atom. The number of aryl methyl sites for hydroxylation is 2. The third kappa shape index (κ3) is 5.90. The molecule has 0 aromatic heterocycles. The molecule has 1 N–H and O–H groups in total. The number of nitrogens with zero attached hydrogens (tertiary/aromatic N) is 1. The lowest BCUT2D eigenvalue weighted by molar-refractivity contribution is -0.118. The van der Waals surface area contributed by atoms with Crippen molar-refractivity contribution in [1.82, 2.24) is 0 Å². The highest BCUT2D eigenvalue weighted by Crippen LogP contribution is 2.24. The molecule has 1 saturated heterocycles. The highest BCUT2D eigenvalue weighted by atomic mass is 35.5. The summed E-state index contributed by atoms with van der Waals surface area (Å²) in [5.41, 5.74) is 4.39. The van der Waals surface area contributed by atoms with E-state index in [1.54, 1.807) is 0 Å². The predicted molar refractivity (Wildman–Crippen MR) is 114 cm³/mol. The molecule has 0 aliphatic carbocycles. The second-order valence-corrected chi connectivity index (χ2v) is 7.30. The van der Waals surface area contributed by atoms with Crippen LogP contribution >= 0.6 is 12.4 Å². The first-order chi connectivity index (χ1) is 12.5. The first kappa shape index (κ1) is 21.1. The van der Waals surface area contributed by atoms with Crippen LogP contribution in [0.3, 0.4) is 0 Å². The van der Waals surface area contributed by atoms with E-state index in [1.165, 1.54) is 24.1 Å². The zero-order valence-electron chi connectivity index (χ0n) is 16.3. The number of hydrogen-bond donors (Lipinski definition) is 1. The van der Waals surface area contributed by atoms with Gasteiger partial charge in [-0.25, -0.2) is 0 Å². The molecule has 0 bridgehead atoms. The molecular weight excluding hydrogens is 360 g/mol. The molecule has 4 nitrogen and oxygen atoms in total. The lowest BCUT2D eigenvalue weighted by atomic mass is 9.99. The van der Waals surface area contributed by atoms with Crippen LogP contribution < -0.4 is 15.0 Å². The summed E-state index contributed by atoms with van der Waals surface area (Å²) >= 11 is 0. The summed E-state index contributed by atoms with van der Waals surface area (Å²) in [6.07, 6.45) is 2.49. The first-order valence-corrected chi connectivity index (χ1v) is 9.36. The highest BCUT2D eigenvalue weighted by molar-refractivity contribution is 5.92. The Morgan fingerprint density at radius 1 is 1.07 bits per heavy atom. The SMILES string of the molecule is Cc1ccc(OCC(=O)Nc2ccc(N3CCC(C)CC3)cc2)cc1C.Cl. The monoisotopic (exact) mass is 388 g/mol. The van der Waals surface area contributed by atoms with Crippen molar-refractivity contribution in [2.75, 3.05) is 29.9 Å². The molecule has 1 aliphatic rings. The Hall–Kier alpha value is -2.20. The molecular formula is C22H29ClN2O2. The van der Waals surface area contributed by atoms with Crippen molar-refractivity contribution in [3.63, 3.8) is 0 Å². The van der Waals surface area contributed by atoms with Gasteiger partial charge in [-0.3, -0.25) is 4.79 Å². The van der Waals surface area contributed by atoms with Crippen LogP contribution in [0.2, 0.25) is 0 Å². The summed E-state index contributed by atoms with van der Waals surface area (Å²) in [6.45, 7) is 8.63. The Bertz CT molecular complexity index is 753. The van der Waals surface area contributed by atoms with Gasteiger partial charge in [0.05, 0.1) is 0 Å². The Labute approximate surface area is 168 Å². The Kier molecular flexibility index (Phi) is 7.55. The number of hydrogen-bond acceptors (Lipinski definition) is 3. The van der Waals surface area contributed by atoms with E-state index in [1.807, 2.05) is 37.3 Å². The molecule has 1 amide bonds. The summed E-state index contributed by atoms with van der Waals surface area (Å²) in [7, 11) is 0. The molecule has 0 radical (unpaired) electrons. The first-order valence-electron chi connectivity index (χ1n) is 9.36. The third-order valence-electron chi connectivity index (χ3n) is 5.15. The number of rotatable bonds is 5. The van der Waals surface area contributed by atoms with Crippen molar-refractivity contribution < 1.29 is 9.53 Å². The maximum atomic E-state index is 12.1. The van der Waals surface area contributed by atoms with Crippen LogP contribution in [0.1, 0.15) is 30.9 Å². The summed E-state index contributed by atoms with van der Waals surface area (Å²) in [6, 6.07) is 13.9. The summed E-state index contributed by atoms with van der Waals surface area (Å²) in [5, 5.41) is 2.89. The van der Waals surface area contributed by atoms with E-state index < -0.39 is 0 Å². The Balaban J connectivity index is 0.00000261. The molecule has 0 saturated carbocycles. The molecule has 0 atom stereocenters. The van der Waals surface area contributed by atoms with Crippen LogP contribution in [0.25, 0.3) is 0 Å². The minimum absolute atomic E-state index is 0. The van der Waals surface area contributed by atoms with Gasteiger partial charge >= 0.3 is 0 Å². The maximum Gasteiger partial charge on any atom is 0.262 e. The fourth-order valence-corrected chi connectivity index (χ4v) is 3.17. The van der Waals surface area contributed by atoms with Gasteiger partial charge in [0.15, 0.2) is 6.61 Å². The van der Waals surface area contributed by atoms with Gasteiger partial charge < -0.3 is 15.0 Å². The zero-order chi connectivity index (χ0) is 18.5. The number of nitrogens with one attached hydrogen (secondary N) is 1. The maximum absolute atomic E-state index is 12.1. The molecule has 0 spiro atoms. The molecule has 2 aromatic rings. The Morgan fingerprint density at radius 2 is 1.74 bits per heavy atom. The molecule has 3 rings (SSSR count). The van der Waals surface area contributed by atoms with Gasteiger partial charge in [-0.05, 0) is 80.1 Å². The van der Waals surface area contributed by atoms with Gasteiger partial charge in [0.1, 0.15) is 5.75 Å². The fourth-order valence-electron chi connectivity index (χ4n) is 3.17. The number of amides is 1. The average Bonchev–Trinajstić information content (AvgIpc) is 2.64. The molecule has 2 aromatic carbocycles. The van der Waals surface area contributed by atoms with Crippen molar-refractivity contribution in [2.24, 2.45) is 5.92 Å². The number of benzene rings is 2. The second-order valence-electron chi connectivity index (χ2n) is 7.30. The normalized spacial score (nSPS) is 14.4. The minimum Gasteiger partial charge on any atom is -0.484 e. The summed E-state index contributed by atoms with van der Waals surface area (Å²) < 4.78 is 5.58. The van der Waals surface area contributed by atoms with E-state index in [-0.39, 0.29) is 24.9 Å². The number of carbonyl (C=O) groups excluding carboxylic acids is 1. The molecule has 0 unspecified atom stereocenters. The van der Waals surface area contributed by atoms with E-state index in [4.69, 9.17) is 4.74 Å². The topological polar surface area (TPSA) is 41.6 Å². The van der Waals surface area contributed by atoms with Gasteiger partial charge in [-0.1, -0.05) is 13.0 Å². The van der Waals surface area contributed by atoms with Crippen molar-refractivity contribution >= 4 is 29.7 Å². The van der Waals surface area contributed by atoms with Gasteiger partial charge in [0.2, 0.25) is 0 Å². The average molecular weight is 389 g/mol. The van der Waals surface area contributed by atoms with E-state index in [0.29, 0.717) is 0 Å². The molecule has 1 fully saturated rings. The summed E-state index contributed by atoms with van der Waals surface area (Å²) in [4.78, 5) is 14.5. The van der Waals surface area contributed by atoms with Crippen LogP contribution in [-0.4, -0.2) is 25.6 Å². The largest absolute Gasteiger partial charge is 0.484 e. The lowest BCUT2D eigenvalue weighted by Crippen LogP contribution is -2.32. The van der Waals surface area contributed by atoms with Gasteiger partial charge in [0, 0.05) is 24.5 Å². The lowest BCUT2D eigenvalue weighted by Gasteiger charge is -2.32. The van der Waals surface area contributed by atoms with Crippen molar-refractivity contribution in [1.29, 1.82) is 0 Å². The van der Waals surface area contributed by atoms with Crippen LogP contribution in [0.4, 0.5) is 11.4 Å². The van der Waals surface area contributed by atoms with Crippen molar-refractivity contribution in [2.45, 2.75) is 33.6 Å². The van der Waals surface area contributed by atoms with Gasteiger partial charge in [-0.15, -0.1) is 12.4 Å². The molecule has 146 valence electrons. The quantitative estimate of drug-likeness (QED) is 0.785. The minimum atomic E-state index is -0.150. The van der Waals surface area contributed by atoms with Gasteiger partial charge in [0.25, 0.3) is 5.91 Å². The standard InChI is InChI=1S/C22H28N2O2.ClH/c1-16-10-12-24(13-11-16)20-7-5-19(6-8-20)23-22(25)15-26-21-9-4-17(2)18(3)14-21;/h4-9,14,16H,10-13,15H2,1-3H3,(H,23,25);1H. The predicted octanol–water partition coefficient (Wildman–Crippen LogP) is 4.98. The molecule has 1 heterocycles. The van der Waals surface area contributed by atoms with Crippen LogP contribution in [0.15, 0.2) is 42.5 Å². The van der Waals surface area contributed by atoms with Crippen molar-refractivity contribution in [3.8, 4) is 5.75 Å². The fraction of sp³-hybridized carbons (Fsp3) is 0.409. The second kappa shape index (κ2) is 9.65. The van der Waals surface area contributed by atoms with Crippen LogP contribution in [0, 0.1) is 19.8 Å². The zero-order valence-corrected chi connectivity index (χ0v) is 17.1. The van der Waals surface area contributed by atoms with E-state index >= 15 is 0 Å². The van der Waals surface area contributed by atoms with E-state index in [9.17, 15) is 4.79 Å². The van der Waals surface area contributed by atoms with Gasteiger partial charge in [-0.2, -0.15) is 0 Å². The number of ether oxygens (including phenoxy) is 1. The van der Waals surface area contributed by atoms with E-state index in [2.05, 4.69) is 36.2 Å². The third-order valence-corrected chi connectivity index (χ3v) is 5.15. The van der Waals surface area contributed by atoms with Crippen LogP contribution in [0.5, 0.6) is 5.75 Å². The van der Waals surface area contributed by atoms with Crippen LogP contribution in [-0.2, 0) is 4.79 Å². The number of piperidine rings is 1. The molecule has 27 heavy (non-hydrogen) atoms. The highest BCUT2D eigenvalue weighted by Gasteiger charge is 2.16. The number of carbonyl (C=O) groups is 1.